The van der Waals surface area contributed by atoms with Crippen molar-refractivity contribution in [2.45, 2.75) is 32.6 Å². The molecule has 0 saturated carbocycles. The molecule has 2 rings (SSSR count). The van der Waals surface area contributed by atoms with Crippen molar-refractivity contribution in [2.24, 2.45) is 5.92 Å². The third-order valence-corrected chi connectivity index (χ3v) is 4.14. The van der Waals surface area contributed by atoms with E-state index in [1.165, 1.54) is 19.4 Å². The smallest absolute Gasteiger partial charge is 0.126 e. The molecular weight excluding hydrogens is 253 g/mol. The molecule has 2 nitrogen and oxygen atoms in total. The van der Waals surface area contributed by atoms with Gasteiger partial charge in [0.25, 0.3) is 0 Å². The van der Waals surface area contributed by atoms with Gasteiger partial charge in [-0.05, 0) is 56.7 Å². The lowest BCUT2D eigenvalue weighted by molar-refractivity contribution is 0.0903. The average molecular weight is 279 g/mol. The molecule has 0 N–H and O–H groups in total. The Bertz CT molecular complexity index is 396. The summed E-state index contributed by atoms with van der Waals surface area (Å²) in [7, 11) is 0. The molecule has 0 aliphatic carbocycles. The molecule has 0 spiro atoms. The number of halogens is 1. The van der Waals surface area contributed by atoms with Gasteiger partial charge in [0.2, 0.25) is 0 Å². The molecule has 1 saturated heterocycles. The van der Waals surface area contributed by atoms with Gasteiger partial charge >= 0.3 is 0 Å². The fourth-order valence-electron chi connectivity index (χ4n) is 2.99. The minimum atomic E-state index is -0.0588. The molecule has 1 aromatic carbocycles. The monoisotopic (exact) mass is 279 g/mol. The zero-order valence-corrected chi connectivity index (χ0v) is 12.5. The van der Waals surface area contributed by atoms with Gasteiger partial charge in [0.1, 0.15) is 5.82 Å². The normalized spacial score (nSPS) is 20.2. The Balaban J connectivity index is 1.74. The number of aryl methyl sites for hydroxylation is 1. The van der Waals surface area contributed by atoms with Crippen molar-refractivity contribution in [3.63, 3.8) is 0 Å². The van der Waals surface area contributed by atoms with Gasteiger partial charge in [0.05, 0.1) is 6.61 Å². The zero-order chi connectivity index (χ0) is 14.2. The van der Waals surface area contributed by atoms with Crippen molar-refractivity contribution in [2.75, 3.05) is 32.8 Å². The predicted molar refractivity (Wildman–Crippen MR) is 80.4 cm³/mol. The number of hydrogen-bond donors (Lipinski definition) is 0. The van der Waals surface area contributed by atoms with E-state index in [4.69, 9.17) is 4.74 Å². The number of rotatable bonds is 7. The molecule has 1 aliphatic rings. The van der Waals surface area contributed by atoms with Gasteiger partial charge < -0.3 is 9.64 Å². The van der Waals surface area contributed by atoms with Crippen LogP contribution in [0.2, 0.25) is 0 Å². The standard InChI is InChI=1S/C17H26FNO/c1-2-20-13-12-19-11-5-6-15(14-19)9-10-16-7-3-4-8-17(16)18/h3-4,7-8,15H,2,5-6,9-14H2,1H3/t15-/m0/s1. The van der Waals surface area contributed by atoms with E-state index in [9.17, 15) is 4.39 Å². The van der Waals surface area contributed by atoms with Crippen molar-refractivity contribution < 1.29 is 9.13 Å². The quantitative estimate of drug-likeness (QED) is 0.708. The molecule has 0 bridgehead atoms. The minimum Gasteiger partial charge on any atom is -0.380 e. The fraction of sp³-hybridized carbons (Fsp3) is 0.647. The summed E-state index contributed by atoms with van der Waals surface area (Å²) in [6.07, 6.45) is 4.48. The fourth-order valence-corrected chi connectivity index (χ4v) is 2.99. The minimum absolute atomic E-state index is 0.0588. The summed E-state index contributed by atoms with van der Waals surface area (Å²) in [5, 5.41) is 0. The molecule has 3 heteroatoms. The first kappa shape index (κ1) is 15.5. The lowest BCUT2D eigenvalue weighted by Crippen LogP contribution is -2.37. The summed E-state index contributed by atoms with van der Waals surface area (Å²) in [6.45, 7) is 7.02. The van der Waals surface area contributed by atoms with Crippen molar-refractivity contribution >= 4 is 0 Å². The van der Waals surface area contributed by atoms with Gasteiger partial charge in [-0.3, -0.25) is 0 Å². The van der Waals surface area contributed by atoms with E-state index in [0.29, 0.717) is 5.92 Å². The van der Waals surface area contributed by atoms with E-state index in [2.05, 4.69) is 4.90 Å². The maximum atomic E-state index is 13.6. The molecule has 0 aromatic heterocycles. The van der Waals surface area contributed by atoms with E-state index >= 15 is 0 Å². The van der Waals surface area contributed by atoms with Crippen LogP contribution in [0.4, 0.5) is 4.39 Å². The van der Waals surface area contributed by atoms with Gasteiger partial charge in [0.15, 0.2) is 0 Å². The third kappa shape index (κ3) is 4.88. The SMILES string of the molecule is CCOCCN1CCC[C@@H](CCc2ccccc2F)C1. The van der Waals surface area contributed by atoms with Crippen LogP contribution in [0.25, 0.3) is 0 Å². The average Bonchev–Trinajstić information content (AvgIpc) is 2.47. The number of benzene rings is 1. The first-order chi connectivity index (χ1) is 9.79. The number of likely N-dealkylation sites (tertiary alicyclic amines) is 1. The highest BCUT2D eigenvalue weighted by Gasteiger charge is 2.19. The molecule has 0 amide bonds. The number of piperidine rings is 1. The second-order valence-electron chi connectivity index (χ2n) is 5.64. The van der Waals surface area contributed by atoms with Crippen LogP contribution in [-0.2, 0) is 11.2 Å². The zero-order valence-electron chi connectivity index (χ0n) is 12.5. The van der Waals surface area contributed by atoms with Crippen LogP contribution >= 0.6 is 0 Å². The molecule has 112 valence electrons. The summed E-state index contributed by atoms with van der Waals surface area (Å²) >= 11 is 0. The summed E-state index contributed by atoms with van der Waals surface area (Å²) < 4.78 is 19.0. The molecule has 1 aliphatic heterocycles. The van der Waals surface area contributed by atoms with Gasteiger partial charge in [-0.25, -0.2) is 4.39 Å². The molecule has 0 unspecified atom stereocenters. The van der Waals surface area contributed by atoms with Crippen molar-refractivity contribution in [1.29, 1.82) is 0 Å². The molecule has 1 fully saturated rings. The topological polar surface area (TPSA) is 12.5 Å². The lowest BCUT2D eigenvalue weighted by Gasteiger charge is -2.32. The largest absolute Gasteiger partial charge is 0.380 e. The van der Waals surface area contributed by atoms with Crippen LogP contribution in [0.3, 0.4) is 0 Å². The van der Waals surface area contributed by atoms with E-state index in [1.807, 2.05) is 19.1 Å². The number of nitrogens with zero attached hydrogens (tertiary/aromatic N) is 1. The first-order valence-corrected chi connectivity index (χ1v) is 7.83. The predicted octanol–water partition coefficient (Wildman–Crippen LogP) is 3.51. The van der Waals surface area contributed by atoms with Crippen LogP contribution in [-0.4, -0.2) is 37.7 Å². The summed E-state index contributed by atoms with van der Waals surface area (Å²) in [5.41, 5.74) is 0.860. The van der Waals surface area contributed by atoms with E-state index in [1.54, 1.807) is 12.1 Å². The first-order valence-electron chi connectivity index (χ1n) is 7.83. The van der Waals surface area contributed by atoms with Gasteiger partial charge in [-0.1, -0.05) is 18.2 Å². The second kappa shape index (κ2) is 8.38. The number of ether oxygens (including phenoxy) is 1. The third-order valence-electron chi connectivity index (χ3n) is 4.14. The summed E-state index contributed by atoms with van der Waals surface area (Å²) in [6, 6.07) is 7.15. The van der Waals surface area contributed by atoms with Crippen molar-refractivity contribution in [3.05, 3.63) is 35.6 Å². The van der Waals surface area contributed by atoms with Crippen molar-refractivity contribution in [1.82, 2.24) is 4.90 Å². The van der Waals surface area contributed by atoms with Gasteiger partial charge in [-0.2, -0.15) is 0 Å². The molecule has 20 heavy (non-hydrogen) atoms. The molecule has 1 heterocycles. The van der Waals surface area contributed by atoms with Crippen LogP contribution in [0, 0.1) is 11.7 Å². The Morgan fingerprint density at radius 1 is 1.35 bits per heavy atom. The Hall–Kier alpha value is -0.930. The Morgan fingerprint density at radius 2 is 2.20 bits per heavy atom. The highest BCUT2D eigenvalue weighted by atomic mass is 19.1. The van der Waals surface area contributed by atoms with Crippen LogP contribution in [0.1, 0.15) is 31.7 Å². The Morgan fingerprint density at radius 3 is 3.00 bits per heavy atom. The van der Waals surface area contributed by atoms with E-state index in [0.717, 1.165) is 44.7 Å². The Kier molecular flexibility index (Phi) is 6.48. The molecule has 0 radical (unpaired) electrons. The highest BCUT2D eigenvalue weighted by molar-refractivity contribution is 5.17. The summed E-state index contributed by atoms with van der Waals surface area (Å²) in [5.74, 6) is 0.640. The van der Waals surface area contributed by atoms with Crippen LogP contribution in [0.15, 0.2) is 24.3 Å². The molecule has 1 aromatic rings. The van der Waals surface area contributed by atoms with Crippen LogP contribution < -0.4 is 0 Å². The molecular formula is C17H26FNO. The Labute approximate surface area is 121 Å². The van der Waals surface area contributed by atoms with Gasteiger partial charge in [-0.15, -0.1) is 0 Å². The van der Waals surface area contributed by atoms with Crippen LogP contribution in [0.5, 0.6) is 0 Å². The van der Waals surface area contributed by atoms with E-state index in [-0.39, 0.29) is 5.82 Å². The highest BCUT2D eigenvalue weighted by Crippen LogP contribution is 2.22. The maximum absolute atomic E-state index is 13.6. The number of hydrogen-bond acceptors (Lipinski definition) is 2. The molecule has 1 atom stereocenters. The van der Waals surface area contributed by atoms with Gasteiger partial charge in [0, 0.05) is 19.7 Å². The maximum Gasteiger partial charge on any atom is 0.126 e. The second-order valence-corrected chi connectivity index (χ2v) is 5.64. The van der Waals surface area contributed by atoms with E-state index < -0.39 is 0 Å². The lowest BCUT2D eigenvalue weighted by atomic mass is 9.91. The summed E-state index contributed by atoms with van der Waals surface area (Å²) in [4.78, 5) is 2.49. The van der Waals surface area contributed by atoms with Crippen molar-refractivity contribution in [3.8, 4) is 0 Å².